The average molecular weight is 351 g/mol. The van der Waals surface area contributed by atoms with Crippen molar-refractivity contribution < 1.29 is 38.1 Å². The van der Waals surface area contributed by atoms with Gasteiger partial charge in [-0.05, 0) is 13.8 Å². The van der Waals surface area contributed by atoms with Crippen LogP contribution in [-0.2, 0) is 11.8 Å². The lowest BCUT2D eigenvalue weighted by molar-refractivity contribution is -0.670. The minimum absolute atomic E-state index is 0. The molecule has 17 heavy (non-hydrogen) atoms. The molecule has 2 rings (SSSR count). The zero-order valence-corrected chi connectivity index (χ0v) is 12.5. The van der Waals surface area contributed by atoms with Crippen molar-refractivity contribution >= 4 is 6.03 Å². The number of aryl methyl sites for hydroxylation is 1. The number of aromatic nitrogens is 2. The third-order valence-corrected chi connectivity index (χ3v) is 2.68. The summed E-state index contributed by atoms with van der Waals surface area (Å²) in [5, 5.41) is 0. The molecule has 0 bridgehead atoms. The van der Waals surface area contributed by atoms with Crippen LogP contribution in [0.4, 0.5) is 4.79 Å². The lowest BCUT2D eigenvalue weighted by atomic mass is 10.2. The zero-order valence-electron chi connectivity index (χ0n) is 10.3. The van der Waals surface area contributed by atoms with E-state index in [-0.39, 0.29) is 42.2 Å². The summed E-state index contributed by atoms with van der Waals surface area (Å²) in [5.74, 6) is 0. The number of ether oxygens (including phenoxy) is 1. The molecule has 0 radical (unpaired) electrons. The molecule has 96 valence electrons. The van der Waals surface area contributed by atoms with Gasteiger partial charge in [0.1, 0.15) is 12.4 Å². The van der Waals surface area contributed by atoms with Crippen molar-refractivity contribution in [2.75, 3.05) is 13.1 Å². The Morgan fingerprint density at radius 3 is 2.41 bits per heavy atom. The van der Waals surface area contributed by atoms with Crippen molar-refractivity contribution in [1.29, 1.82) is 0 Å². The van der Waals surface area contributed by atoms with Gasteiger partial charge in [-0.1, -0.05) is 0 Å². The van der Waals surface area contributed by atoms with Crippen LogP contribution in [0.3, 0.4) is 0 Å². The Morgan fingerprint density at radius 1 is 1.35 bits per heavy atom. The highest BCUT2D eigenvalue weighted by Crippen LogP contribution is 2.11. The van der Waals surface area contributed by atoms with Crippen LogP contribution in [0.1, 0.15) is 13.8 Å². The minimum Gasteiger partial charge on any atom is -1.00 e. The van der Waals surface area contributed by atoms with Crippen molar-refractivity contribution in [1.82, 2.24) is 9.47 Å². The molecule has 0 saturated carbocycles. The Morgan fingerprint density at radius 2 is 1.94 bits per heavy atom. The second kappa shape index (κ2) is 5.81. The van der Waals surface area contributed by atoms with Crippen LogP contribution in [0.5, 0.6) is 0 Å². The molecule has 0 aliphatic carbocycles. The van der Waals surface area contributed by atoms with E-state index >= 15 is 0 Å². The van der Waals surface area contributed by atoms with Crippen molar-refractivity contribution in [2.24, 2.45) is 7.05 Å². The average Bonchev–Trinajstić information content (AvgIpc) is 2.62. The summed E-state index contributed by atoms with van der Waals surface area (Å²) in [4.78, 5) is 14.0. The van der Waals surface area contributed by atoms with Crippen LogP contribution < -0.4 is 28.5 Å². The number of carbonyl (C=O) groups is 1. The normalized spacial score (nSPS) is 24.3. The fraction of sp³-hybridized carbons (Fsp3) is 0.636. The number of hydrogen-bond donors (Lipinski definition) is 0. The molecule has 1 saturated heterocycles. The Balaban J connectivity index is 0.00000144. The predicted octanol–water partition coefficient (Wildman–Crippen LogP) is -2.61. The van der Waals surface area contributed by atoms with E-state index in [1.54, 1.807) is 17.1 Å². The van der Waals surface area contributed by atoms with Gasteiger partial charge in [-0.15, -0.1) is 0 Å². The molecule has 1 aliphatic heterocycles. The minimum atomic E-state index is 0. The number of rotatable bonds is 0. The molecule has 1 aliphatic rings. The molecule has 1 aromatic rings. The van der Waals surface area contributed by atoms with Crippen LogP contribution >= 0.6 is 0 Å². The van der Waals surface area contributed by atoms with Gasteiger partial charge in [0.2, 0.25) is 0 Å². The highest BCUT2D eigenvalue weighted by Gasteiger charge is 2.29. The van der Waals surface area contributed by atoms with Crippen LogP contribution in [-0.4, -0.2) is 40.8 Å². The Labute approximate surface area is 118 Å². The molecule has 2 heterocycles. The lowest BCUT2D eigenvalue weighted by Crippen LogP contribution is -3.00. The second-order valence-corrected chi connectivity index (χ2v) is 4.43. The highest BCUT2D eigenvalue weighted by atomic mass is 127. The van der Waals surface area contributed by atoms with Gasteiger partial charge >= 0.3 is 6.03 Å². The molecule has 1 aromatic heterocycles. The number of morpholine rings is 1. The molecule has 2 atom stereocenters. The van der Waals surface area contributed by atoms with Crippen LogP contribution in [0.2, 0.25) is 0 Å². The third-order valence-electron chi connectivity index (χ3n) is 2.68. The van der Waals surface area contributed by atoms with Crippen LogP contribution in [0, 0.1) is 0 Å². The Kier molecular flexibility index (Phi) is 4.93. The van der Waals surface area contributed by atoms with Crippen LogP contribution in [0.15, 0.2) is 18.7 Å². The SMILES string of the molecule is CC1CN(C(=O)n2cc[n+](C)c2)CC(C)O1.[I-]. The van der Waals surface area contributed by atoms with E-state index in [0.717, 1.165) is 0 Å². The number of imidazole rings is 1. The molecule has 6 heteroatoms. The standard InChI is InChI=1S/C11H18N3O2.HI/c1-9-6-14(7-10(2)16-9)11(15)13-5-4-12(3)8-13;/h4-5,8-10H,6-7H2,1-3H3;1H/q+1;/p-1. The first-order valence-electron chi connectivity index (χ1n) is 5.54. The molecular formula is C11H18IN3O2. The summed E-state index contributed by atoms with van der Waals surface area (Å²) in [6, 6.07) is 0.0163. The number of amides is 1. The number of halogens is 1. The van der Waals surface area contributed by atoms with Crippen molar-refractivity contribution in [3.05, 3.63) is 18.7 Å². The molecule has 0 aromatic carbocycles. The molecule has 0 spiro atoms. The number of nitrogens with zero attached hydrogens (tertiary/aromatic N) is 3. The first-order chi connectivity index (χ1) is 7.56. The Hall–Kier alpha value is -0.630. The smallest absolute Gasteiger partial charge is 0.415 e. The van der Waals surface area contributed by atoms with E-state index in [9.17, 15) is 4.79 Å². The van der Waals surface area contributed by atoms with E-state index in [0.29, 0.717) is 13.1 Å². The second-order valence-electron chi connectivity index (χ2n) is 4.43. The summed E-state index contributed by atoms with van der Waals surface area (Å²) >= 11 is 0. The van der Waals surface area contributed by atoms with Gasteiger partial charge < -0.3 is 28.7 Å². The quantitative estimate of drug-likeness (QED) is 0.380. The van der Waals surface area contributed by atoms with Crippen molar-refractivity contribution in [3.63, 3.8) is 0 Å². The maximum atomic E-state index is 12.1. The topological polar surface area (TPSA) is 38.4 Å². The van der Waals surface area contributed by atoms with E-state index in [1.807, 2.05) is 36.6 Å². The molecular weight excluding hydrogens is 333 g/mol. The molecule has 2 unspecified atom stereocenters. The first-order valence-corrected chi connectivity index (χ1v) is 5.54. The summed E-state index contributed by atoms with van der Waals surface area (Å²) < 4.78 is 9.05. The molecule has 1 fully saturated rings. The van der Waals surface area contributed by atoms with Gasteiger partial charge in [-0.3, -0.25) is 4.90 Å². The van der Waals surface area contributed by atoms with Gasteiger partial charge in [0.05, 0.1) is 32.3 Å². The largest absolute Gasteiger partial charge is 1.00 e. The van der Waals surface area contributed by atoms with Gasteiger partial charge in [0.25, 0.3) is 6.33 Å². The van der Waals surface area contributed by atoms with Gasteiger partial charge in [-0.25, -0.2) is 9.36 Å². The molecule has 5 nitrogen and oxygen atoms in total. The monoisotopic (exact) mass is 351 g/mol. The summed E-state index contributed by atoms with van der Waals surface area (Å²) in [6.45, 7) is 5.30. The maximum Gasteiger partial charge on any atom is 0.415 e. The van der Waals surface area contributed by atoms with Crippen molar-refractivity contribution in [2.45, 2.75) is 26.1 Å². The summed E-state index contributed by atoms with van der Waals surface area (Å²) in [5.41, 5.74) is 0. The number of carbonyl (C=O) groups excluding carboxylic acids is 1. The summed E-state index contributed by atoms with van der Waals surface area (Å²) in [7, 11) is 1.90. The molecule has 1 amide bonds. The van der Waals surface area contributed by atoms with E-state index in [2.05, 4.69) is 0 Å². The number of hydrogen-bond acceptors (Lipinski definition) is 2. The first kappa shape index (κ1) is 14.4. The highest BCUT2D eigenvalue weighted by molar-refractivity contribution is 5.76. The molecule has 0 N–H and O–H groups in total. The third kappa shape index (κ3) is 3.41. The summed E-state index contributed by atoms with van der Waals surface area (Å²) in [6.07, 6.45) is 5.61. The Bertz CT molecular complexity index is 384. The zero-order chi connectivity index (χ0) is 11.7. The van der Waals surface area contributed by atoms with Gasteiger partial charge in [0, 0.05) is 0 Å². The fourth-order valence-electron chi connectivity index (χ4n) is 2.06. The fourth-order valence-corrected chi connectivity index (χ4v) is 2.06. The van der Waals surface area contributed by atoms with Gasteiger partial charge in [-0.2, -0.15) is 4.57 Å². The maximum absolute atomic E-state index is 12.1. The predicted molar refractivity (Wildman–Crippen MR) is 58.0 cm³/mol. The van der Waals surface area contributed by atoms with Crippen LogP contribution in [0.25, 0.3) is 0 Å². The van der Waals surface area contributed by atoms with E-state index in [4.69, 9.17) is 4.74 Å². The van der Waals surface area contributed by atoms with E-state index in [1.165, 1.54) is 0 Å². The van der Waals surface area contributed by atoms with E-state index < -0.39 is 0 Å². The van der Waals surface area contributed by atoms with Crippen molar-refractivity contribution in [3.8, 4) is 0 Å². The van der Waals surface area contributed by atoms with Gasteiger partial charge in [0.15, 0.2) is 0 Å². The lowest BCUT2D eigenvalue weighted by Gasteiger charge is -2.33.